The molecule has 1 aliphatic rings. The number of aromatic nitrogens is 2. The number of nitrogens with one attached hydrogen (secondary N) is 1. The van der Waals surface area contributed by atoms with E-state index in [2.05, 4.69) is 20.4 Å². The number of carbonyl (C=O) groups is 2. The van der Waals surface area contributed by atoms with Crippen molar-refractivity contribution in [1.29, 1.82) is 0 Å². The van der Waals surface area contributed by atoms with Gasteiger partial charge in [0.1, 0.15) is 5.69 Å². The number of rotatable bonds is 6. The minimum atomic E-state index is -0.310. The second-order valence-corrected chi connectivity index (χ2v) is 8.17. The fourth-order valence-electron chi connectivity index (χ4n) is 4.34. The molecule has 3 aromatic heterocycles. The number of anilines is 1. The van der Waals surface area contributed by atoms with Crippen LogP contribution in [0.5, 0.6) is 0 Å². The zero-order chi connectivity index (χ0) is 22.9. The van der Waals surface area contributed by atoms with Crippen molar-refractivity contribution in [2.75, 3.05) is 11.9 Å². The van der Waals surface area contributed by atoms with E-state index in [1.54, 1.807) is 31.4 Å². The lowest BCUT2D eigenvalue weighted by atomic mass is 10.1. The number of aryl methyl sites for hydroxylation is 1. The van der Waals surface area contributed by atoms with Crippen LogP contribution in [0.15, 0.2) is 57.7 Å². The summed E-state index contributed by atoms with van der Waals surface area (Å²) in [5, 5.41) is 7.49. The topological polar surface area (TPSA) is 127 Å². The van der Waals surface area contributed by atoms with E-state index in [-0.39, 0.29) is 23.6 Å². The van der Waals surface area contributed by atoms with Gasteiger partial charge in [-0.1, -0.05) is 17.3 Å². The van der Waals surface area contributed by atoms with Gasteiger partial charge < -0.3 is 20.0 Å². The highest BCUT2D eigenvalue weighted by molar-refractivity contribution is 6.13. The van der Waals surface area contributed by atoms with Crippen molar-refractivity contribution in [2.24, 2.45) is 5.73 Å². The van der Waals surface area contributed by atoms with Crippen LogP contribution >= 0.6 is 0 Å². The van der Waals surface area contributed by atoms with Crippen molar-refractivity contribution in [3.63, 3.8) is 0 Å². The van der Waals surface area contributed by atoms with Crippen molar-refractivity contribution in [3.8, 4) is 11.5 Å². The van der Waals surface area contributed by atoms with Crippen LogP contribution in [0.2, 0.25) is 0 Å². The van der Waals surface area contributed by atoms with Crippen LogP contribution in [0.4, 0.5) is 5.69 Å². The average molecular weight is 445 g/mol. The maximum atomic E-state index is 13.3. The highest BCUT2D eigenvalue weighted by atomic mass is 16.5. The first-order chi connectivity index (χ1) is 16.0. The van der Waals surface area contributed by atoms with Gasteiger partial charge in [0.05, 0.1) is 28.9 Å². The lowest BCUT2D eigenvalue weighted by molar-refractivity contribution is -0.122. The molecule has 0 spiro atoms. The summed E-state index contributed by atoms with van der Waals surface area (Å²) in [6, 6.07) is 12.5. The molecule has 0 radical (unpaired) electrons. The van der Waals surface area contributed by atoms with E-state index < -0.39 is 0 Å². The summed E-state index contributed by atoms with van der Waals surface area (Å²) in [5.41, 5.74) is 8.89. The number of hydrogen-bond donors (Lipinski definition) is 2. The Kier molecular flexibility index (Phi) is 5.39. The molecule has 0 bridgehead atoms. The van der Waals surface area contributed by atoms with Gasteiger partial charge in [0.25, 0.3) is 11.6 Å². The molecule has 9 heteroatoms. The summed E-state index contributed by atoms with van der Waals surface area (Å²) in [7, 11) is 0. The molecule has 168 valence electrons. The Morgan fingerprint density at radius 2 is 2.12 bits per heavy atom. The predicted octanol–water partition coefficient (Wildman–Crippen LogP) is 3.49. The van der Waals surface area contributed by atoms with Crippen molar-refractivity contribution in [2.45, 2.75) is 32.4 Å². The second-order valence-electron chi connectivity index (χ2n) is 8.17. The van der Waals surface area contributed by atoms with Crippen molar-refractivity contribution in [1.82, 2.24) is 15.0 Å². The van der Waals surface area contributed by atoms with E-state index in [9.17, 15) is 9.59 Å². The molecule has 1 fully saturated rings. The van der Waals surface area contributed by atoms with Gasteiger partial charge in [-0.2, -0.15) is 0 Å². The highest BCUT2D eigenvalue weighted by Crippen LogP contribution is 2.28. The molecule has 9 nitrogen and oxygen atoms in total. The number of benzene rings is 1. The van der Waals surface area contributed by atoms with Gasteiger partial charge in [0, 0.05) is 12.2 Å². The first kappa shape index (κ1) is 20.9. The minimum absolute atomic E-state index is 0.245. The van der Waals surface area contributed by atoms with E-state index in [0.717, 1.165) is 24.9 Å². The van der Waals surface area contributed by atoms with Crippen molar-refractivity contribution >= 4 is 28.6 Å². The molecule has 0 saturated carbocycles. The molecule has 33 heavy (non-hydrogen) atoms. The van der Waals surface area contributed by atoms with Gasteiger partial charge in [0.2, 0.25) is 5.91 Å². The van der Waals surface area contributed by atoms with Crippen molar-refractivity contribution < 1.29 is 18.5 Å². The predicted molar refractivity (Wildman–Crippen MR) is 121 cm³/mol. The molecule has 1 atom stereocenters. The summed E-state index contributed by atoms with van der Waals surface area (Å²) < 4.78 is 10.8. The summed E-state index contributed by atoms with van der Waals surface area (Å²) in [6.07, 6.45) is 3.26. The number of pyridine rings is 1. The number of likely N-dealkylation sites (tertiary alicyclic amines) is 1. The molecular formula is C24H23N5O4. The number of furan rings is 1. The molecule has 2 amide bonds. The number of fused-ring (bicyclic) bond motifs is 1. The normalized spacial score (nSPS) is 16.3. The SMILES string of the molecule is Cc1noc2nc(-c3ccco3)cc(C(=O)Nc3cccc(CN4CCCC4C(N)=O)c3)c12. The van der Waals surface area contributed by atoms with Crippen LogP contribution in [-0.4, -0.2) is 39.4 Å². The average Bonchev–Trinajstić information content (AvgIpc) is 3.55. The van der Waals surface area contributed by atoms with Crippen LogP contribution in [0.1, 0.15) is 34.5 Å². The Hall–Kier alpha value is -3.98. The number of hydrogen-bond acceptors (Lipinski definition) is 7. The van der Waals surface area contributed by atoms with E-state index >= 15 is 0 Å². The number of carbonyl (C=O) groups excluding carboxylic acids is 2. The standard InChI is InChI=1S/C24H23N5O4/c1-14-21-17(12-18(20-8-4-10-32-20)27-24(21)33-28-14)23(31)26-16-6-2-5-15(11-16)13-29-9-3-7-19(29)22(25)30/h2,4-6,8,10-12,19H,3,7,9,13H2,1H3,(H2,25,30)(H,26,31). The number of amides is 2. The van der Waals surface area contributed by atoms with Crippen LogP contribution in [0.25, 0.3) is 22.6 Å². The van der Waals surface area contributed by atoms with Gasteiger partial charge >= 0.3 is 0 Å². The van der Waals surface area contributed by atoms with Gasteiger partial charge in [-0.3, -0.25) is 14.5 Å². The molecule has 4 heterocycles. The Morgan fingerprint density at radius 3 is 2.91 bits per heavy atom. The molecule has 0 aliphatic carbocycles. The number of primary amides is 1. The molecule has 3 N–H and O–H groups in total. The lowest BCUT2D eigenvalue weighted by Crippen LogP contribution is -2.39. The lowest BCUT2D eigenvalue weighted by Gasteiger charge is -2.22. The third kappa shape index (κ3) is 4.10. The van der Waals surface area contributed by atoms with Gasteiger partial charge in [-0.25, -0.2) is 4.98 Å². The third-order valence-corrected chi connectivity index (χ3v) is 5.90. The first-order valence-electron chi connectivity index (χ1n) is 10.7. The van der Waals surface area contributed by atoms with E-state index in [1.807, 2.05) is 24.3 Å². The molecule has 1 aromatic carbocycles. The monoisotopic (exact) mass is 445 g/mol. The summed E-state index contributed by atoms with van der Waals surface area (Å²) in [5.74, 6) is -0.0819. The molecule has 1 unspecified atom stereocenters. The summed E-state index contributed by atoms with van der Waals surface area (Å²) >= 11 is 0. The van der Waals surface area contributed by atoms with Crippen LogP contribution in [-0.2, 0) is 11.3 Å². The minimum Gasteiger partial charge on any atom is -0.463 e. The smallest absolute Gasteiger partial charge is 0.259 e. The molecular weight excluding hydrogens is 422 g/mol. The Morgan fingerprint density at radius 1 is 1.24 bits per heavy atom. The largest absolute Gasteiger partial charge is 0.463 e. The van der Waals surface area contributed by atoms with Gasteiger partial charge in [-0.15, -0.1) is 0 Å². The zero-order valence-corrected chi connectivity index (χ0v) is 18.1. The Bertz CT molecular complexity index is 1330. The Balaban J connectivity index is 1.42. The fourth-order valence-corrected chi connectivity index (χ4v) is 4.34. The van der Waals surface area contributed by atoms with Crippen LogP contribution < -0.4 is 11.1 Å². The second kappa shape index (κ2) is 8.51. The highest BCUT2D eigenvalue weighted by Gasteiger charge is 2.28. The zero-order valence-electron chi connectivity index (χ0n) is 18.1. The number of nitrogens with two attached hydrogens (primary N) is 1. The van der Waals surface area contributed by atoms with E-state index in [0.29, 0.717) is 40.3 Å². The van der Waals surface area contributed by atoms with Crippen LogP contribution in [0.3, 0.4) is 0 Å². The summed E-state index contributed by atoms with van der Waals surface area (Å²) in [6.45, 7) is 3.18. The maximum Gasteiger partial charge on any atom is 0.259 e. The molecule has 1 aliphatic heterocycles. The summed E-state index contributed by atoms with van der Waals surface area (Å²) in [4.78, 5) is 31.5. The molecule has 4 aromatic rings. The van der Waals surface area contributed by atoms with Crippen LogP contribution in [0, 0.1) is 6.92 Å². The maximum absolute atomic E-state index is 13.3. The van der Waals surface area contributed by atoms with E-state index in [4.69, 9.17) is 14.7 Å². The van der Waals surface area contributed by atoms with Gasteiger partial charge in [-0.05, 0) is 62.2 Å². The fraction of sp³-hybridized carbons (Fsp3) is 0.250. The van der Waals surface area contributed by atoms with E-state index in [1.165, 1.54) is 0 Å². The third-order valence-electron chi connectivity index (χ3n) is 5.90. The first-order valence-corrected chi connectivity index (χ1v) is 10.7. The Labute approximate surface area is 189 Å². The quantitative estimate of drug-likeness (QED) is 0.465. The molecule has 5 rings (SSSR count). The van der Waals surface area contributed by atoms with Gasteiger partial charge in [0.15, 0.2) is 5.76 Å². The molecule has 1 saturated heterocycles. The number of nitrogens with zero attached hydrogens (tertiary/aromatic N) is 3. The van der Waals surface area contributed by atoms with Crippen molar-refractivity contribution in [3.05, 3.63) is 65.5 Å².